The predicted molar refractivity (Wildman–Crippen MR) is 43.5 cm³/mol. The summed E-state index contributed by atoms with van der Waals surface area (Å²) in [5.74, 6) is -2.23. The topological polar surface area (TPSA) is 62.6 Å². The molecule has 0 spiro atoms. The van der Waals surface area contributed by atoms with E-state index in [9.17, 15) is 22.0 Å². The summed E-state index contributed by atoms with van der Waals surface area (Å²) >= 11 is 0. The summed E-state index contributed by atoms with van der Waals surface area (Å²) < 4.78 is 63.5. The Morgan fingerprint density at radius 1 is 1.35 bits per heavy atom. The number of ether oxygens (including phenoxy) is 1. The van der Waals surface area contributed by atoms with Crippen molar-refractivity contribution in [2.75, 3.05) is 0 Å². The molecular weight excluding hydrogens is 253 g/mol. The minimum absolute atomic E-state index is 0.257. The number of aliphatic hydroxyl groups excluding tert-OH is 1. The fourth-order valence-corrected chi connectivity index (χ4v) is 1.03. The van der Waals surface area contributed by atoms with E-state index in [1.165, 1.54) is 0 Å². The van der Waals surface area contributed by atoms with Gasteiger partial charge in [-0.05, 0) is 0 Å². The van der Waals surface area contributed by atoms with Crippen LogP contribution < -0.4 is 4.74 Å². The van der Waals surface area contributed by atoms with Crippen LogP contribution in [0.3, 0.4) is 0 Å². The van der Waals surface area contributed by atoms with Crippen LogP contribution in [-0.4, -0.2) is 21.6 Å². The molecule has 0 saturated carbocycles. The fourth-order valence-electron chi connectivity index (χ4n) is 1.03. The molecule has 1 aromatic rings. The van der Waals surface area contributed by atoms with Gasteiger partial charge in [0.2, 0.25) is 5.88 Å². The largest absolute Gasteiger partial charge is 0.574 e. The van der Waals surface area contributed by atoms with Crippen LogP contribution in [0.25, 0.3) is 0 Å². The van der Waals surface area contributed by atoms with Crippen LogP contribution in [0.2, 0.25) is 0 Å². The first-order valence-corrected chi connectivity index (χ1v) is 4.12. The molecule has 9 heteroatoms. The predicted octanol–water partition coefficient (Wildman–Crippen LogP) is 2.12. The monoisotopic (exact) mass is 259 g/mol. The third-order valence-electron chi connectivity index (χ3n) is 1.68. The zero-order chi connectivity index (χ0) is 13.2. The van der Waals surface area contributed by atoms with Crippen molar-refractivity contribution >= 4 is 0 Å². The highest BCUT2D eigenvalue weighted by molar-refractivity contribution is 5.40. The molecule has 4 nitrogen and oxygen atoms in total. The van der Waals surface area contributed by atoms with Crippen LogP contribution in [0.15, 0.2) is 6.07 Å². The van der Waals surface area contributed by atoms with E-state index >= 15 is 0 Å². The molecule has 0 bridgehead atoms. The molecule has 0 aromatic carbocycles. The smallest absolute Gasteiger partial charge is 0.505 e. The average Bonchev–Trinajstić information content (AvgIpc) is 2.17. The first-order valence-electron chi connectivity index (χ1n) is 4.12. The lowest BCUT2D eigenvalue weighted by molar-refractivity contribution is -0.276. The summed E-state index contributed by atoms with van der Waals surface area (Å²) in [5.41, 5.74) is -1.81. The Balaban J connectivity index is 3.21. The average molecular weight is 259 g/mol. The van der Waals surface area contributed by atoms with E-state index in [-0.39, 0.29) is 6.07 Å². The number of rotatable bonds is 3. The third kappa shape index (κ3) is 3.41. The fraction of sp³-hybridized carbons (Fsp3) is 0.375. The van der Waals surface area contributed by atoms with Crippen molar-refractivity contribution in [1.29, 1.82) is 0 Å². The molecule has 1 aromatic heterocycles. The molecule has 0 saturated heterocycles. The van der Waals surface area contributed by atoms with Gasteiger partial charge in [0.25, 0.3) is 6.43 Å². The maximum absolute atomic E-state index is 12.4. The van der Waals surface area contributed by atoms with E-state index < -0.39 is 42.3 Å². The first-order chi connectivity index (χ1) is 7.74. The molecule has 1 rings (SSSR count). The highest BCUT2D eigenvalue weighted by Crippen LogP contribution is 2.34. The number of aromatic nitrogens is 1. The van der Waals surface area contributed by atoms with E-state index in [4.69, 9.17) is 10.2 Å². The number of halogens is 5. The van der Waals surface area contributed by atoms with Gasteiger partial charge < -0.3 is 14.9 Å². The standard InChI is InChI=1S/C8H6F5NO3/c9-7(10)3-1-5(17-8(11,12)13)14-4(2-15)6(3)16/h1,7,15-16H,2H2. The zero-order valence-electron chi connectivity index (χ0n) is 8.00. The van der Waals surface area contributed by atoms with Gasteiger partial charge >= 0.3 is 6.36 Å². The quantitative estimate of drug-likeness (QED) is 0.816. The molecule has 0 aliphatic heterocycles. The number of alkyl halides is 5. The van der Waals surface area contributed by atoms with Crippen LogP contribution in [0.5, 0.6) is 11.6 Å². The second kappa shape index (κ2) is 4.70. The number of hydrogen-bond donors (Lipinski definition) is 2. The molecular formula is C8H6F5NO3. The molecule has 96 valence electrons. The Hall–Kier alpha value is -1.64. The molecule has 0 amide bonds. The number of hydrogen-bond acceptors (Lipinski definition) is 4. The lowest BCUT2D eigenvalue weighted by Crippen LogP contribution is -2.18. The van der Waals surface area contributed by atoms with E-state index in [1.54, 1.807) is 0 Å². The Morgan fingerprint density at radius 2 is 1.94 bits per heavy atom. The van der Waals surface area contributed by atoms with Crippen molar-refractivity contribution in [3.8, 4) is 11.6 Å². The molecule has 2 N–H and O–H groups in total. The highest BCUT2D eigenvalue weighted by Gasteiger charge is 2.33. The molecule has 0 aliphatic rings. The van der Waals surface area contributed by atoms with Crippen LogP contribution in [-0.2, 0) is 6.61 Å². The van der Waals surface area contributed by atoms with Crippen LogP contribution in [0, 0.1) is 0 Å². The van der Waals surface area contributed by atoms with E-state index in [2.05, 4.69) is 9.72 Å². The summed E-state index contributed by atoms with van der Waals surface area (Å²) in [6.07, 6.45) is -8.32. The molecule has 0 radical (unpaired) electrons. The summed E-state index contributed by atoms with van der Waals surface area (Å²) in [6.45, 7) is -0.999. The Bertz CT molecular complexity index is 407. The van der Waals surface area contributed by atoms with Gasteiger partial charge in [-0.3, -0.25) is 0 Å². The molecule has 17 heavy (non-hydrogen) atoms. The SMILES string of the molecule is OCc1nc(OC(F)(F)F)cc(C(F)F)c1O. The van der Waals surface area contributed by atoms with Crippen molar-refractivity contribution in [2.24, 2.45) is 0 Å². The number of aromatic hydroxyl groups is 1. The number of pyridine rings is 1. The van der Waals surface area contributed by atoms with Crippen molar-refractivity contribution in [3.63, 3.8) is 0 Å². The summed E-state index contributed by atoms with van der Waals surface area (Å²) in [4.78, 5) is 3.04. The van der Waals surface area contributed by atoms with Crippen LogP contribution >= 0.6 is 0 Å². The number of nitrogens with zero attached hydrogens (tertiary/aromatic N) is 1. The lowest BCUT2D eigenvalue weighted by atomic mass is 10.2. The van der Waals surface area contributed by atoms with Gasteiger partial charge in [-0.25, -0.2) is 13.8 Å². The highest BCUT2D eigenvalue weighted by atomic mass is 19.4. The lowest BCUT2D eigenvalue weighted by Gasteiger charge is -2.12. The summed E-state index contributed by atoms with van der Waals surface area (Å²) in [6, 6.07) is 0.257. The van der Waals surface area contributed by atoms with Gasteiger partial charge in [-0.2, -0.15) is 0 Å². The van der Waals surface area contributed by atoms with Crippen molar-refractivity contribution in [2.45, 2.75) is 19.4 Å². The summed E-state index contributed by atoms with van der Waals surface area (Å²) in [5, 5.41) is 17.8. The van der Waals surface area contributed by atoms with E-state index in [0.717, 1.165) is 0 Å². The minimum atomic E-state index is -5.10. The van der Waals surface area contributed by atoms with Crippen LogP contribution in [0.4, 0.5) is 22.0 Å². The third-order valence-corrected chi connectivity index (χ3v) is 1.68. The van der Waals surface area contributed by atoms with E-state index in [1.807, 2.05) is 0 Å². The van der Waals surface area contributed by atoms with Crippen molar-refractivity contribution in [1.82, 2.24) is 4.98 Å². The first kappa shape index (κ1) is 13.4. The van der Waals surface area contributed by atoms with Crippen molar-refractivity contribution < 1.29 is 36.9 Å². The molecule has 1 heterocycles. The maximum atomic E-state index is 12.4. The molecule has 0 atom stereocenters. The van der Waals surface area contributed by atoms with Gasteiger partial charge in [0.1, 0.15) is 11.4 Å². The van der Waals surface area contributed by atoms with Gasteiger partial charge in [-0.1, -0.05) is 0 Å². The molecule has 0 aliphatic carbocycles. The Kier molecular flexibility index (Phi) is 3.71. The normalized spacial score (nSPS) is 11.9. The van der Waals surface area contributed by atoms with Crippen LogP contribution in [0.1, 0.15) is 17.7 Å². The van der Waals surface area contributed by atoms with Gasteiger partial charge in [0.15, 0.2) is 0 Å². The maximum Gasteiger partial charge on any atom is 0.574 e. The van der Waals surface area contributed by atoms with E-state index in [0.29, 0.717) is 0 Å². The Morgan fingerprint density at radius 3 is 2.35 bits per heavy atom. The van der Waals surface area contributed by atoms with Gasteiger partial charge in [0.05, 0.1) is 12.2 Å². The zero-order valence-corrected chi connectivity index (χ0v) is 8.00. The second-order valence-electron chi connectivity index (χ2n) is 2.85. The second-order valence-corrected chi connectivity index (χ2v) is 2.85. The number of aliphatic hydroxyl groups is 1. The molecule has 0 unspecified atom stereocenters. The van der Waals surface area contributed by atoms with Gasteiger partial charge in [0, 0.05) is 6.07 Å². The summed E-state index contributed by atoms with van der Waals surface area (Å²) in [7, 11) is 0. The Labute approximate surface area is 91.3 Å². The molecule has 0 fully saturated rings. The minimum Gasteiger partial charge on any atom is -0.505 e. The van der Waals surface area contributed by atoms with Gasteiger partial charge in [-0.15, -0.1) is 13.2 Å². The van der Waals surface area contributed by atoms with Crippen molar-refractivity contribution in [3.05, 3.63) is 17.3 Å².